The van der Waals surface area contributed by atoms with Gasteiger partial charge in [-0.05, 0) is 43.2 Å². The van der Waals surface area contributed by atoms with Crippen molar-refractivity contribution >= 4 is 11.9 Å². The van der Waals surface area contributed by atoms with Crippen LogP contribution < -0.4 is 5.32 Å². The molecule has 180 valence electrons. The molecule has 0 radical (unpaired) electrons. The normalized spacial score (nSPS) is 16.2. The molecule has 1 aliphatic heterocycles. The van der Waals surface area contributed by atoms with Crippen LogP contribution in [-0.2, 0) is 31.7 Å². The number of phenolic OH excluding ortho intramolecular Hbond substituents is 1. The van der Waals surface area contributed by atoms with E-state index in [4.69, 9.17) is 9.47 Å². The second-order valence-corrected chi connectivity index (χ2v) is 7.80. The maximum Gasteiger partial charge on any atom is 0.416 e. The first-order valence-electron chi connectivity index (χ1n) is 10.4. The molecule has 1 aliphatic rings. The number of methoxy groups -OCH3 is 1. The van der Waals surface area contributed by atoms with Crippen LogP contribution >= 0.6 is 0 Å². The van der Waals surface area contributed by atoms with Gasteiger partial charge in [0.1, 0.15) is 5.75 Å². The Kier molecular flexibility index (Phi) is 7.34. The summed E-state index contributed by atoms with van der Waals surface area (Å²) in [6.45, 7) is 3.17. The van der Waals surface area contributed by atoms with Gasteiger partial charge in [-0.1, -0.05) is 30.3 Å². The van der Waals surface area contributed by atoms with E-state index in [2.05, 4.69) is 5.32 Å². The van der Waals surface area contributed by atoms with Crippen molar-refractivity contribution in [1.82, 2.24) is 5.32 Å². The molecule has 34 heavy (non-hydrogen) atoms. The van der Waals surface area contributed by atoms with Crippen molar-refractivity contribution in [3.63, 3.8) is 0 Å². The van der Waals surface area contributed by atoms with Crippen molar-refractivity contribution in [1.29, 1.82) is 0 Å². The summed E-state index contributed by atoms with van der Waals surface area (Å²) in [4.78, 5) is 25.7. The summed E-state index contributed by atoms with van der Waals surface area (Å²) >= 11 is 0. The summed E-state index contributed by atoms with van der Waals surface area (Å²) in [6, 6.07) is 10.9. The summed E-state index contributed by atoms with van der Waals surface area (Å²) in [5, 5.41) is 12.3. The van der Waals surface area contributed by atoms with Crippen LogP contribution in [0.1, 0.15) is 36.5 Å². The third kappa shape index (κ3) is 5.41. The molecule has 0 amide bonds. The molecule has 3 rings (SSSR count). The van der Waals surface area contributed by atoms with Crippen LogP contribution in [0.2, 0.25) is 0 Å². The number of phenols is 1. The third-order valence-corrected chi connectivity index (χ3v) is 5.49. The van der Waals surface area contributed by atoms with Gasteiger partial charge >= 0.3 is 18.1 Å². The largest absolute Gasteiger partial charge is 0.508 e. The van der Waals surface area contributed by atoms with Crippen LogP contribution in [0.3, 0.4) is 0 Å². The molecule has 0 aromatic heterocycles. The summed E-state index contributed by atoms with van der Waals surface area (Å²) in [5.41, 5.74) is 0.811. The minimum atomic E-state index is -4.60. The van der Waals surface area contributed by atoms with E-state index in [9.17, 15) is 27.9 Å². The van der Waals surface area contributed by atoms with Crippen LogP contribution in [0.15, 0.2) is 71.1 Å². The van der Waals surface area contributed by atoms with Crippen molar-refractivity contribution in [2.75, 3.05) is 13.7 Å². The van der Waals surface area contributed by atoms with Crippen molar-refractivity contribution in [2.24, 2.45) is 0 Å². The van der Waals surface area contributed by atoms with Crippen LogP contribution in [0.5, 0.6) is 5.75 Å². The number of carbonyl (C=O) groups is 2. The van der Waals surface area contributed by atoms with Gasteiger partial charge in [0.15, 0.2) is 0 Å². The number of dihydropyridines is 1. The molecule has 9 heteroatoms. The number of nitrogens with one attached hydrogen (secondary N) is 1. The molecule has 1 heterocycles. The molecule has 6 nitrogen and oxygen atoms in total. The lowest BCUT2D eigenvalue weighted by atomic mass is 9.80. The molecule has 1 unspecified atom stereocenters. The maximum absolute atomic E-state index is 13.4. The van der Waals surface area contributed by atoms with E-state index in [-0.39, 0.29) is 29.1 Å². The Hall–Kier alpha value is -3.75. The first-order valence-corrected chi connectivity index (χ1v) is 10.4. The highest BCUT2D eigenvalue weighted by atomic mass is 19.4. The molecule has 0 saturated heterocycles. The average molecular weight is 475 g/mol. The highest BCUT2D eigenvalue weighted by molar-refractivity contribution is 5.99. The predicted octanol–water partition coefficient (Wildman–Crippen LogP) is 4.60. The molecular weight excluding hydrogens is 451 g/mol. The van der Waals surface area contributed by atoms with Crippen LogP contribution in [-0.4, -0.2) is 30.8 Å². The molecule has 0 fully saturated rings. The average Bonchev–Trinajstić information content (AvgIpc) is 2.79. The highest BCUT2D eigenvalue weighted by Gasteiger charge is 2.39. The Labute approximate surface area is 194 Å². The molecule has 1 atom stereocenters. The number of aromatic hydroxyl groups is 1. The van der Waals surface area contributed by atoms with Crippen LogP contribution in [0.4, 0.5) is 13.2 Å². The van der Waals surface area contributed by atoms with Crippen molar-refractivity contribution in [3.8, 4) is 5.75 Å². The lowest BCUT2D eigenvalue weighted by molar-refractivity contribution is -0.139. The quantitative estimate of drug-likeness (QED) is 0.594. The zero-order chi connectivity index (χ0) is 25.0. The van der Waals surface area contributed by atoms with E-state index in [1.807, 2.05) is 0 Å². The first-order chi connectivity index (χ1) is 16.0. The number of esters is 2. The molecule has 2 aromatic rings. The Morgan fingerprint density at radius 2 is 1.62 bits per heavy atom. The zero-order valence-corrected chi connectivity index (χ0v) is 18.8. The van der Waals surface area contributed by atoms with E-state index < -0.39 is 29.6 Å². The van der Waals surface area contributed by atoms with Gasteiger partial charge in [0.25, 0.3) is 0 Å². The Bertz CT molecular complexity index is 1150. The van der Waals surface area contributed by atoms with Crippen molar-refractivity contribution < 1.29 is 37.3 Å². The number of alkyl halides is 3. The molecule has 0 spiro atoms. The number of carbonyl (C=O) groups excluding carboxylic acids is 2. The van der Waals surface area contributed by atoms with Crippen molar-refractivity contribution in [3.05, 3.63) is 87.8 Å². The van der Waals surface area contributed by atoms with Gasteiger partial charge in [-0.25, -0.2) is 9.59 Å². The highest BCUT2D eigenvalue weighted by Crippen LogP contribution is 2.41. The zero-order valence-electron chi connectivity index (χ0n) is 18.8. The molecular formula is C25H24F3NO5. The molecule has 0 bridgehead atoms. The Morgan fingerprint density at radius 1 is 1.00 bits per heavy atom. The molecule has 0 aliphatic carbocycles. The maximum atomic E-state index is 13.4. The van der Waals surface area contributed by atoms with Crippen molar-refractivity contribution in [2.45, 2.75) is 32.4 Å². The number of ether oxygens (including phenoxy) is 2. The summed E-state index contributed by atoms with van der Waals surface area (Å²) in [5.74, 6) is -2.54. The standard InChI is InChI=1S/C25H24F3NO5/c1-14-20(23(31)33-3)22(17-5-4-6-18(13-17)25(26,27)28)21(15(2)29-14)24(32)34-12-11-16-7-9-19(30)10-8-16/h4-10,13,22,29-30H,11-12H2,1-3H3. The number of hydrogen-bond acceptors (Lipinski definition) is 6. The second kappa shape index (κ2) is 10.0. The topological polar surface area (TPSA) is 84.9 Å². The number of halogens is 3. The fourth-order valence-corrected chi connectivity index (χ4v) is 3.87. The smallest absolute Gasteiger partial charge is 0.416 e. The Morgan fingerprint density at radius 3 is 2.21 bits per heavy atom. The third-order valence-electron chi connectivity index (χ3n) is 5.49. The van der Waals surface area contributed by atoms with Gasteiger partial charge in [0.05, 0.1) is 36.3 Å². The van der Waals surface area contributed by atoms with E-state index >= 15 is 0 Å². The van der Waals surface area contributed by atoms with E-state index in [1.54, 1.807) is 26.0 Å². The van der Waals surface area contributed by atoms with Crippen LogP contribution in [0.25, 0.3) is 0 Å². The summed E-state index contributed by atoms with van der Waals surface area (Å²) < 4.78 is 50.5. The molecule has 2 aromatic carbocycles. The molecule has 0 saturated carbocycles. The van der Waals surface area contributed by atoms with Gasteiger partial charge in [-0.2, -0.15) is 13.2 Å². The number of hydrogen-bond donors (Lipinski definition) is 2. The van der Waals surface area contributed by atoms with Gasteiger partial charge < -0.3 is 19.9 Å². The second-order valence-electron chi connectivity index (χ2n) is 7.80. The lowest BCUT2D eigenvalue weighted by Crippen LogP contribution is -2.32. The number of allylic oxidation sites excluding steroid dienone is 2. The lowest BCUT2D eigenvalue weighted by Gasteiger charge is -2.30. The first kappa shape index (κ1) is 24.9. The number of benzene rings is 2. The van der Waals surface area contributed by atoms with E-state index in [1.165, 1.54) is 24.3 Å². The van der Waals surface area contributed by atoms with E-state index in [0.717, 1.165) is 24.8 Å². The van der Waals surface area contributed by atoms with E-state index in [0.29, 0.717) is 17.8 Å². The fraction of sp³-hybridized carbons (Fsp3) is 0.280. The monoisotopic (exact) mass is 475 g/mol. The number of rotatable bonds is 6. The predicted molar refractivity (Wildman–Crippen MR) is 118 cm³/mol. The molecule has 2 N–H and O–H groups in total. The van der Waals surface area contributed by atoms with Gasteiger partial charge in [0.2, 0.25) is 0 Å². The summed E-state index contributed by atoms with van der Waals surface area (Å²) in [6.07, 6.45) is -4.24. The minimum absolute atomic E-state index is 0.00798. The van der Waals surface area contributed by atoms with Gasteiger partial charge in [0, 0.05) is 17.8 Å². The Balaban J connectivity index is 1.96. The van der Waals surface area contributed by atoms with Gasteiger partial charge in [-0.15, -0.1) is 0 Å². The van der Waals surface area contributed by atoms with Gasteiger partial charge in [-0.3, -0.25) is 0 Å². The minimum Gasteiger partial charge on any atom is -0.508 e. The summed E-state index contributed by atoms with van der Waals surface area (Å²) in [7, 11) is 1.16. The SMILES string of the molecule is COC(=O)C1=C(C)NC(C)=C(C(=O)OCCc2ccc(O)cc2)C1c1cccc(C(F)(F)F)c1. The fourth-order valence-electron chi connectivity index (χ4n) is 3.87. The van der Waals surface area contributed by atoms with Crippen LogP contribution in [0, 0.1) is 0 Å².